The van der Waals surface area contributed by atoms with E-state index in [1.165, 1.54) is 0 Å². The van der Waals surface area contributed by atoms with Crippen molar-refractivity contribution in [2.75, 3.05) is 0 Å². The molecule has 3 nitrogen and oxygen atoms in total. The fourth-order valence-electron chi connectivity index (χ4n) is 0.955. The van der Waals surface area contributed by atoms with Gasteiger partial charge in [-0.05, 0) is 12.0 Å². The maximum atomic E-state index is 10.4. The minimum atomic E-state index is -0.959. The number of carboxylic acid groups (broad SMARTS) is 1. The Morgan fingerprint density at radius 2 is 2.00 bits per heavy atom. The largest absolute Gasteiger partial charge is 0.480 e. The number of carboxylic acids is 1. The molecule has 3 heteroatoms. The third-order valence-corrected chi connectivity index (χ3v) is 1.62. The van der Waals surface area contributed by atoms with Gasteiger partial charge in [0.2, 0.25) is 0 Å². The Morgan fingerprint density at radius 1 is 1.42 bits per heavy atom. The Kier molecular flexibility index (Phi) is 2.82. The molecule has 0 amide bonds. The lowest BCUT2D eigenvalue weighted by Gasteiger charge is -2.04. The van der Waals surface area contributed by atoms with Gasteiger partial charge in [0.15, 0.2) is 0 Å². The zero-order chi connectivity index (χ0) is 8.97. The fraction of sp³-hybridized carbons (Fsp3) is 0.222. The molecular formula is C9H11NO2. The van der Waals surface area contributed by atoms with Crippen molar-refractivity contribution < 1.29 is 9.90 Å². The van der Waals surface area contributed by atoms with E-state index in [9.17, 15) is 4.79 Å². The number of rotatable bonds is 3. The number of aliphatic carboxylic acids is 1. The topological polar surface area (TPSA) is 63.3 Å². The monoisotopic (exact) mass is 164 g/mol. The summed E-state index contributed by atoms with van der Waals surface area (Å²) in [6.45, 7) is 0. The maximum absolute atomic E-state index is 10.4. The molecule has 1 unspecified atom stereocenters. The summed E-state index contributed by atoms with van der Waals surface area (Å²) in [4.78, 5) is 10.4. The molecule has 0 spiro atoms. The SMILES string of the molecule is NC([11CH2]c1ccccc1)C(=O)O. The third-order valence-electron chi connectivity index (χ3n) is 1.62. The van der Waals surface area contributed by atoms with Gasteiger partial charge in [-0.2, -0.15) is 0 Å². The predicted molar refractivity (Wildman–Crippen MR) is 45.8 cm³/mol. The molecule has 1 aromatic rings. The van der Waals surface area contributed by atoms with Gasteiger partial charge in [0, 0.05) is 0 Å². The summed E-state index contributed by atoms with van der Waals surface area (Å²) in [5, 5.41) is 8.52. The minimum absolute atomic E-state index is 0.385. The molecule has 0 aromatic heterocycles. The van der Waals surface area contributed by atoms with Gasteiger partial charge in [-0.25, -0.2) is 0 Å². The van der Waals surface area contributed by atoms with E-state index < -0.39 is 12.0 Å². The lowest BCUT2D eigenvalue weighted by molar-refractivity contribution is -0.138. The minimum Gasteiger partial charge on any atom is -0.480 e. The van der Waals surface area contributed by atoms with Crippen LogP contribution in [0.15, 0.2) is 30.3 Å². The summed E-state index contributed by atoms with van der Waals surface area (Å²) in [6, 6.07) is 8.54. The van der Waals surface area contributed by atoms with Crippen molar-refractivity contribution in [2.24, 2.45) is 5.73 Å². The average Bonchev–Trinajstić information content (AvgIpc) is 2.06. The fourth-order valence-corrected chi connectivity index (χ4v) is 0.955. The first-order chi connectivity index (χ1) is 5.70. The van der Waals surface area contributed by atoms with Crippen LogP contribution in [0, 0.1) is 0 Å². The quantitative estimate of drug-likeness (QED) is 0.689. The highest BCUT2D eigenvalue weighted by molar-refractivity contribution is 5.73. The van der Waals surface area contributed by atoms with Crippen LogP contribution >= 0.6 is 0 Å². The Labute approximate surface area is 70.8 Å². The molecule has 0 radical (unpaired) electrons. The molecule has 0 aliphatic rings. The van der Waals surface area contributed by atoms with Crippen LogP contribution in [0.4, 0.5) is 0 Å². The Hall–Kier alpha value is -1.35. The van der Waals surface area contributed by atoms with Gasteiger partial charge in [-0.1, -0.05) is 30.3 Å². The molecule has 64 valence electrons. The van der Waals surface area contributed by atoms with Gasteiger partial charge in [-0.3, -0.25) is 4.79 Å². The van der Waals surface area contributed by atoms with Crippen LogP contribution in [0.5, 0.6) is 0 Å². The highest BCUT2D eigenvalue weighted by atomic mass is 16.4. The Bertz CT molecular complexity index is 258. The number of hydrogen-bond donors (Lipinski definition) is 2. The summed E-state index contributed by atoms with van der Waals surface area (Å²) in [5.41, 5.74) is 6.30. The maximum Gasteiger partial charge on any atom is 0.320 e. The molecule has 3 N–H and O–H groups in total. The molecule has 1 aromatic carbocycles. The zero-order valence-corrected chi connectivity index (χ0v) is 6.60. The number of benzene rings is 1. The molecule has 0 heterocycles. The van der Waals surface area contributed by atoms with Crippen molar-refractivity contribution >= 4 is 5.97 Å². The lowest BCUT2D eigenvalue weighted by Crippen LogP contribution is -2.32. The normalized spacial score (nSPS) is 12.4. The molecule has 0 aliphatic heterocycles. The first-order valence-corrected chi connectivity index (χ1v) is 3.72. The van der Waals surface area contributed by atoms with Crippen LogP contribution in [-0.4, -0.2) is 17.1 Å². The summed E-state index contributed by atoms with van der Waals surface area (Å²) >= 11 is 0. The molecule has 0 saturated heterocycles. The van der Waals surface area contributed by atoms with E-state index in [1.807, 2.05) is 30.3 Å². The van der Waals surface area contributed by atoms with E-state index in [0.29, 0.717) is 6.42 Å². The van der Waals surface area contributed by atoms with E-state index in [0.717, 1.165) is 5.56 Å². The number of hydrogen-bond acceptors (Lipinski definition) is 2. The summed E-state index contributed by atoms with van der Waals surface area (Å²) < 4.78 is 0. The van der Waals surface area contributed by atoms with E-state index in [4.69, 9.17) is 10.8 Å². The zero-order valence-electron chi connectivity index (χ0n) is 6.60. The summed E-state index contributed by atoms with van der Waals surface area (Å²) in [5.74, 6) is -0.959. The number of nitrogens with two attached hydrogens (primary N) is 1. The van der Waals surface area contributed by atoms with Crippen LogP contribution in [0.2, 0.25) is 0 Å². The van der Waals surface area contributed by atoms with E-state index in [-0.39, 0.29) is 0 Å². The summed E-state index contributed by atoms with van der Waals surface area (Å²) in [7, 11) is 0. The Morgan fingerprint density at radius 3 is 2.50 bits per heavy atom. The molecule has 0 saturated carbocycles. The van der Waals surface area contributed by atoms with Crippen LogP contribution in [-0.2, 0) is 11.2 Å². The molecule has 0 bridgehead atoms. The highest BCUT2D eigenvalue weighted by Gasteiger charge is 2.10. The van der Waals surface area contributed by atoms with Gasteiger partial charge >= 0.3 is 5.97 Å². The lowest BCUT2D eigenvalue weighted by atomic mass is 9.73. The molecule has 1 rings (SSSR count). The molecule has 1 atom stereocenters. The molecule has 0 fully saturated rings. The van der Waals surface area contributed by atoms with Gasteiger partial charge in [0.1, 0.15) is 6.04 Å². The molecule has 12 heavy (non-hydrogen) atoms. The average molecular weight is 164 g/mol. The van der Waals surface area contributed by atoms with Gasteiger partial charge in [0.05, 0.1) is 0 Å². The standard InChI is InChI=1S/C9H11NO2/c10-8(9(11)12)6-7-4-2-1-3-5-7/h1-5,8H,6,10H2,(H,11,12)/i6-1. The van der Waals surface area contributed by atoms with Crippen LogP contribution < -0.4 is 5.73 Å². The summed E-state index contributed by atoms with van der Waals surface area (Å²) in [6.07, 6.45) is 0.385. The second-order valence-electron chi connectivity index (χ2n) is 2.63. The smallest absolute Gasteiger partial charge is 0.320 e. The van der Waals surface area contributed by atoms with Crippen LogP contribution in [0.3, 0.4) is 0 Å². The third kappa shape index (κ3) is 2.36. The van der Waals surface area contributed by atoms with Gasteiger partial charge in [-0.15, -0.1) is 0 Å². The first-order valence-electron chi connectivity index (χ1n) is 3.72. The van der Waals surface area contributed by atoms with Crippen molar-refractivity contribution in [3.8, 4) is 0 Å². The van der Waals surface area contributed by atoms with E-state index in [2.05, 4.69) is 0 Å². The van der Waals surface area contributed by atoms with Gasteiger partial charge in [0.25, 0.3) is 0 Å². The van der Waals surface area contributed by atoms with Crippen molar-refractivity contribution in [3.05, 3.63) is 35.9 Å². The van der Waals surface area contributed by atoms with Gasteiger partial charge < -0.3 is 10.8 Å². The van der Waals surface area contributed by atoms with Crippen molar-refractivity contribution in [3.63, 3.8) is 0 Å². The van der Waals surface area contributed by atoms with Crippen molar-refractivity contribution in [1.29, 1.82) is 0 Å². The first kappa shape index (κ1) is 8.74. The highest BCUT2D eigenvalue weighted by Crippen LogP contribution is 2.01. The van der Waals surface area contributed by atoms with E-state index in [1.54, 1.807) is 0 Å². The predicted octanol–water partition coefficient (Wildman–Crippen LogP) is 0.641. The molecule has 0 aliphatic carbocycles. The number of carbonyl (C=O) groups is 1. The second kappa shape index (κ2) is 3.88. The van der Waals surface area contributed by atoms with Crippen LogP contribution in [0.1, 0.15) is 5.56 Å². The van der Waals surface area contributed by atoms with Crippen molar-refractivity contribution in [1.82, 2.24) is 0 Å². The van der Waals surface area contributed by atoms with Crippen LogP contribution in [0.25, 0.3) is 0 Å². The Balaban J connectivity index is 2.58. The molecular weight excluding hydrogens is 153 g/mol. The van der Waals surface area contributed by atoms with Crippen molar-refractivity contribution in [2.45, 2.75) is 12.5 Å². The van der Waals surface area contributed by atoms with E-state index >= 15 is 0 Å². The second-order valence-corrected chi connectivity index (χ2v) is 2.63.